The van der Waals surface area contributed by atoms with Gasteiger partial charge in [-0.25, -0.2) is 0 Å². The first kappa shape index (κ1) is 18.5. The summed E-state index contributed by atoms with van der Waals surface area (Å²) < 4.78 is 0. The van der Waals surface area contributed by atoms with Gasteiger partial charge >= 0.3 is 0 Å². The van der Waals surface area contributed by atoms with E-state index in [-0.39, 0.29) is 23.8 Å². The van der Waals surface area contributed by atoms with Crippen LogP contribution in [0.1, 0.15) is 63.2 Å². The van der Waals surface area contributed by atoms with Gasteiger partial charge in [0.2, 0.25) is 5.91 Å². The van der Waals surface area contributed by atoms with Gasteiger partial charge in [0.15, 0.2) is 0 Å². The standard InChI is InChI=1S/C20H30N2O2/c1-4-15(3)18(22-19(23)16-8-6-5-7-9-16)20(24)21-17-12-10-14(2)11-13-17/h5-9,14-15,17-18H,4,10-13H2,1-3H3,(H,21,24)(H,22,23). The molecule has 132 valence electrons. The molecule has 2 atom stereocenters. The minimum absolute atomic E-state index is 0.0480. The van der Waals surface area contributed by atoms with Gasteiger partial charge in [0.1, 0.15) is 6.04 Å². The molecule has 1 saturated carbocycles. The number of carbonyl (C=O) groups excluding carboxylic acids is 2. The molecular formula is C20H30N2O2. The molecule has 0 heterocycles. The summed E-state index contributed by atoms with van der Waals surface area (Å²) in [6, 6.07) is 8.83. The third kappa shape index (κ3) is 5.08. The second-order valence-electron chi connectivity index (χ2n) is 7.17. The SMILES string of the molecule is CCC(C)C(NC(=O)c1ccccc1)C(=O)NC1CCC(C)CC1. The molecule has 4 heteroatoms. The van der Waals surface area contributed by atoms with Crippen molar-refractivity contribution in [3.63, 3.8) is 0 Å². The molecule has 0 aliphatic heterocycles. The molecule has 0 saturated heterocycles. The van der Waals surface area contributed by atoms with E-state index in [0.717, 1.165) is 38.0 Å². The molecule has 1 aliphatic rings. The van der Waals surface area contributed by atoms with Crippen molar-refractivity contribution in [1.82, 2.24) is 10.6 Å². The number of amides is 2. The van der Waals surface area contributed by atoms with Crippen molar-refractivity contribution in [2.45, 2.75) is 65.0 Å². The van der Waals surface area contributed by atoms with Crippen molar-refractivity contribution in [3.8, 4) is 0 Å². The van der Waals surface area contributed by atoms with Gasteiger partial charge in [-0.05, 0) is 49.7 Å². The van der Waals surface area contributed by atoms with E-state index >= 15 is 0 Å². The zero-order valence-electron chi connectivity index (χ0n) is 15.0. The summed E-state index contributed by atoms with van der Waals surface area (Å²) >= 11 is 0. The summed E-state index contributed by atoms with van der Waals surface area (Å²) in [4.78, 5) is 25.2. The lowest BCUT2D eigenvalue weighted by Gasteiger charge is -2.30. The Morgan fingerprint density at radius 3 is 2.33 bits per heavy atom. The predicted octanol–water partition coefficient (Wildman–Crippen LogP) is 3.53. The zero-order chi connectivity index (χ0) is 17.5. The molecule has 2 N–H and O–H groups in total. The minimum atomic E-state index is -0.484. The molecule has 1 aromatic rings. The molecule has 4 nitrogen and oxygen atoms in total. The van der Waals surface area contributed by atoms with Crippen molar-refractivity contribution in [3.05, 3.63) is 35.9 Å². The van der Waals surface area contributed by atoms with Crippen LogP contribution < -0.4 is 10.6 Å². The molecule has 0 radical (unpaired) electrons. The number of benzene rings is 1. The second-order valence-corrected chi connectivity index (χ2v) is 7.17. The van der Waals surface area contributed by atoms with Crippen molar-refractivity contribution < 1.29 is 9.59 Å². The first-order valence-corrected chi connectivity index (χ1v) is 9.17. The first-order valence-electron chi connectivity index (χ1n) is 9.17. The molecule has 0 bridgehead atoms. The van der Waals surface area contributed by atoms with Gasteiger partial charge in [-0.2, -0.15) is 0 Å². The van der Waals surface area contributed by atoms with E-state index in [2.05, 4.69) is 17.6 Å². The second kappa shape index (κ2) is 8.86. The molecule has 1 aliphatic carbocycles. The Kier molecular flexibility index (Phi) is 6.83. The molecule has 0 spiro atoms. The molecule has 2 unspecified atom stereocenters. The van der Waals surface area contributed by atoms with E-state index in [1.54, 1.807) is 12.1 Å². The lowest BCUT2D eigenvalue weighted by Crippen LogP contribution is -2.53. The molecule has 24 heavy (non-hydrogen) atoms. The van der Waals surface area contributed by atoms with Crippen molar-refractivity contribution in [2.75, 3.05) is 0 Å². The monoisotopic (exact) mass is 330 g/mol. The van der Waals surface area contributed by atoms with E-state index in [0.29, 0.717) is 5.56 Å². The summed E-state index contributed by atoms with van der Waals surface area (Å²) in [5.41, 5.74) is 0.588. The van der Waals surface area contributed by atoms with Gasteiger partial charge in [-0.3, -0.25) is 9.59 Å². The van der Waals surface area contributed by atoms with Gasteiger partial charge in [0.25, 0.3) is 5.91 Å². The van der Waals surface area contributed by atoms with Gasteiger partial charge in [0.05, 0.1) is 0 Å². The van der Waals surface area contributed by atoms with Crippen molar-refractivity contribution >= 4 is 11.8 Å². The highest BCUT2D eigenvalue weighted by Crippen LogP contribution is 2.23. The number of nitrogens with one attached hydrogen (secondary N) is 2. The quantitative estimate of drug-likeness (QED) is 0.838. The Bertz CT molecular complexity index is 536. The van der Waals surface area contributed by atoms with Crippen LogP contribution >= 0.6 is 0 Å². The molecule has 2 rings (SSSR count). The van der Waals surface area contributed by atoms with Crippen LogP contribution in [0.15, 0.2) is 30.3 Å². The van der Waals surface area contributed by atoms with E-state index in [4.69, 9.17) is 0 Å². The topological polar surface area (TPSA) is 58.2 Å². The third-order valence-corrected chi connectivity index (χ3v) is 5.18. The minimum Gasteiger partial charge on any atom is -0.352 e. The van der Waals surface area contributed by atoms with Crippen molar-refractivity contribution in [2.24, 2.45) is 11.8 Å². The summed E-state index contributed by atoms with van der Waals surface area (Å²) in [6.07, 6.45) is 5.24. The maximum atomic E-state index is 12.7. The number of hydrogen-bond acceptors (Lipinski definition) is 2. The predicted molar refractivity (Wildman–Crippen MR) is 96.7 cm³/mol. The lowest BCUT2D eigenvalue weighted by molar-refractivity contribution is -0.125. The summed E-state index contributed by atoms with van der Waals surface area (Å²) in [5.74, 6) is 0.614. The molecule has 1 aromatic carbocycles. The largest absolute Gasteiger partial charge is 0.352 e. The van der Waals surface area contributed by atoms with E-state index in [1.165, 1.54) is 0 Å². The lowest BCUT2D eigenvalue weighted by atomic mass is 9.87. The third-order valence-electron chi connectivity index (χ3n) is 5.18. The Hall–Kier alpha value is -1.84. The highest BCUT2D eigenvalue weighted by molar-refractivity contribution is 5.97. The van der Waals surface area contributed by atoms with Crippen LogP contribution in [0.25, 0.3) is 0 Å². The Balaban J connectivity index is 1.99. The highest BCUT2D eigenvalue weighted by Gasteiger charge is 2.29. The maximum absolute atomic E-state index is 12.7. The van der Waals surface area contributed by atoms with Crippen LogP contribution in [-0.2, 0) is 4.79 Å². The van der Waals surface area contributed by atoms with Gasteiger partial charge in [-0.1, -0.05) is 45.4 Å². The van der Waals surface area contributed by atoms with Crippen LogP contribution in [-0.4, -0.2) is 23.9 Å². The molecular weight excluding hydrogens is 300 g/mol. The van der Waals surface area contributed by atoms with E-state index in [1.807, 2.05) is 32.0 Å². The highest BCUT2D eigenvalue weighted by atomic mass is 16.2. The smallest absolute Gasteiger partial charge is 0.251 e. The fraction of sp³-hybridized carbons (Fsp3) is 0.600. The molecule has 2 amide bonds. The average Bonchev–Trinajstić information content (AvgIpc) is 2.61. The first-order chi connectivity index (χ1) is 11.5. The Morgan fingerprint density at radius 1 is 1.12 bits per heavy atom. The summed E-state index contributed by atoms with van der Waals surface area (Å²) in [7, 11) is 0. The van der Waals surface area contributed by atoms with Crippen LogP contribution in [0.3, 0.4) is 0 Å². The number of rotatable bonds is 6. The maximum Gasteiger partial charge on any atom is 0.251 e. The molecule has 0 aromatic heterocycles. The number of hydrogen-bond donors (Lipinski definition) is 2. The van der Waals surface area contributed by atoms with E-state index < -0.39 is 6.04 Å². The van der Waals surface area contributed by atoms with Crippen LogP contribution in [0.4, 0.5) is 0 Å². The Labute approximate surface area is 145 Å². The van der Waals surface area contributed by atoms with Gasteiger partial charge in [0, 0.05) is 11.6 Å². The zero-order valence-corrected chi connectivity index (χ0v) is 15.0. The van der Waals surface area contributed by atoms with E-state index in [9.17, 15) is 9.59 Å². The van der Waals surface area contributed by atoms with Crippen LogP contribution in [0.2, 0.25) is 0 Å². The average molecular weight is 330 g/mol. The summed E-state index contributed by atoms with van der Waals surface area (Å²) in [5, 5.41) is 6.09. The van der Waals surface area contributed by atoms with Crippen molar-refractivity contribution in [1.29, 1.82) is 0 Å². The number of carbonyl (C=O) groups is 2. The fourth-order valence-electron chi connectivity index (χ4n) is 3.21. The summed E-state index contributed by atoms with van der Waals surface area (Å²) in [6.45, 7) is 6.32. The molecule has 1 fully saturated rings. The van der Waals surface area contributed by atoms with Gasteiger partial charge < -0.3 is 10.6 Å². The normalized spacial score (nSPS) is 23.1. The Morgan fingerprint density at radius 2 is 1.75 bits per heavy atom. The fourth-order valence-corrected chi connectivity index (χ4v) is 3.21. The van der Waals surface area contributed by atoms with Crippen LogP contribution in [0.5, 0.6) is 0 Å². The van der Waals surface area contributed by atoms with Gasteiger partial charge in [-0.15, -0.1) is 0 Å². The van der Waals surface area contributed by atoms with Crippen LogP contribution in [0, 0.1) is 11.8 Å².